The first-order valence-corrected chi connectivity index (χ1v) is 11.5. The maximum absolute atomic E-state index is 13.4. The molecule has 33 heavy (non-hydrogen) atoms. The summed E-state index contributed by atoms with van der Waals surface area (Å²) in [7, 11) is 0. The van der Waals surface area contributed by atoms with Crippen LogP contribution in [0.1, 0.15) is 5.56 Å². The molecule has 1 N–H and O–H groups in total. The lowest BCUT2D eigenvalue weighted by molar-refractivity contribution is 0.205. The fourth-order valence-corrected chi connectivity index (χ4v) is 4.59. The van der Waals surface area contributed by atoms with Crippen LogP contribution in [-0.2, 0) is 6.42 Å². The van der Waals surface area contributed by atoms with Crippen LogP contribution in [-0.4, -0.2) is 25.7 Å². The number of amides is 1. The van der Waals surface area contributed by atoms with Crippen LogP contribution >= 0.6 is 11.6 Å². The van der Waals surface area contributed by atoms with Crippen LogP contribution in [0.5, 0.6) is 5.75 Å². The molecule has 0 bridgehead atoms. The topological polar surface area (TPSA) is 54.7 Å². The van der Waals surface area contributed by atoms with Gasteiger partial charge in [0.2, 0.25) is 0 Å². The summed E-state index contributed by atoms with van der Waals surface area (Å²) in [5.74, 6) is 1.21. The minimum atomic E-state index is -0.412. The lowest BCUT2D eigenvalue weighted by Crippen LogP contribution is -2.39. The Morgan fingerprint density at radius 1 is 1.00 bits per heavy atom. The SMILES string of the molecule is O=C(Oc1ccc2occc2c1)N(C[C@H]1CNC[C@@H]1Cc1ccccc1)c1ccc(Cl)cc1. The quantitative estimate of drug-likeness (QED) is 0.374. The number of hydrogen-bond acceptors (Lipinski definition) is 4. The molecule has 5 nitrogen and oxygen atoms in total. The van der Waals surface area contributed by atoms with E-state index in [9.17, 15) is 4.79 Å². The van der Waals surface area contributed by atoms with Crippen LogP contribution in [0, 0.1) is 11.8 Å². The number of rotatable bonds is 6. The van der Waals surface area contributed by atoms with Gasteiger partial charge in [0.15, 0.2) is 0 Å². The summed E-state index contributed by atoms with van der Waals surface area (Å²) in [5.41, 5.74) is 2.83. The zero-order chi connectivity index (χ0) is 22.6. The summed E-state index contributed by atoms with van der Waals surface area (Å²) >= 11 is 6.10. The normalized spacial score (nSPS) is 17.8. The van der Waals surface area contributed by atoms with Gasteiger partial charge in [0.1, 0.15) is 11.3 Å². The molecule has 2 heterocycles. The van der Waals surface area contributed by atoms with Crippen molar-refractivity contribution in [3.05, 3.63) is 95.7 Å². The Hall–Kier alpha value is -3.28. The van der Waals surface area contributed by atoms with Gasteiger partial charge in [0.25, 0.3) is 0 Å². The molecule has 1 fully saturated rings. The number of carbonyl (C=O) groups is 1. The number of fused-ring (bicyclic) bond motifs is 1. The largest absolute Gasteiger partial charge is 0.464 e. The fraction of sp³-hybridized carbons (Fsp3) is 0.222. The highest BCUT2D eigenvalue weighted by atomic mass is 35.5. The minimum absolute atomic E-state index is 0.296. The standard InChI is InChI=1S/C27H25ClN2O3/c28-23-6-8-24(9-7-23)30(27(31)33-25-10-11-26-20(15-25)12-13-32-26)18-22-17-29-16-21(22)14-19-4-2-1-3-5-19/h1-13,15,21-22,29H,14,16-18H2/t21-,22+/m0/s1. The predicted molar refractivity (Wildman–Crippen MR) is 131 cm³/mol. The van der Waals surface area contributed by atoms with Gasteiger partial charge in [0, 0.05) is 22.6 Å². The second-order valence-electron chi connectivity index (χ2n) is 8.44. The van der Waals surface area contributed by atoms with Crippen LogP contribution in [0.25, 0.3) is 11.0 Å². The van der Waals surface area contributed by atoms with Crippen molar-refractivity contribution in [1.29, 1.82) is 0 Å². The summed E-state index contributed by atoms with van der Waals surface area (Å²) in [6.45, 7) is 2.34. The van der Waals surface area contributed by atoms with Crippen molar-refractivity contribution in [3.8, 4) is 5.75 Å². The average molecular weight is 461 g/mol. The van der Waals surface area contributed by atoms with Gasteiger partial charge in [-0.2, -0.15) is 0 Å². The Kier molecular flexibility index (Phi) is 6.33. The van der Waals surface area contributed by atoms with Crippen molar-refractivity contribution < 1.29 is 13.9 Å². The van der Waals surface area contributed by atoms with Crippen LogP contribution in [0.15, 0.2) is 89.5 Å². The predicted octanol–water partition coefficient (Wildman–Crippen LogP) is 6.17. The van der Waals surface area contributed by atoms with Crippen molar-refractivity contribution in [2.45, 2.75) is 6.42 Å². The molecule has 1 aromatic heterocycles. The molecule has 0 spiro atoms. The van der Waals surface area contributed by atoms with E-state index in [1.54, 1.807) is 35.4 Å². The van der Waals surface area contributed by atoms with Crippen molar-refractivity contribution >= 4 is 34.4 Å². The number of ether oxygens (including phenoxy) is 1. The van der Waals surface area contributed by atoms with Gasteiger partial charge in [-0.25, -0.2) is 4.79 Å². The maximum atomic E-state index is 13.4. The summed E-state index contributed by atoms with van der Waals surface area (Å²) in [6, 6.07) is 25.0. The Balaban J connectivity index is 1.36. The van der Waals surface area contributed by atoms with Crippen molar-refractivity contribution in [2.75, 3.05) is 24.5 Å². The summed E-state index contributed by atoms with van der Waals surface area (Å²) < 4.78 is 11.2. The molecular weight excluding hydrogens is 436 g/mol. The van der Waals surface area contributed by atoms with E-state index in [0.29, 0.717) is 29.2 Å². The summed E-state index contributed by atoms with van der Waals surface area (Å²) in [4.78, 5) is 15.1. The number of nitrogens with zero attached hydrogens (tertiary/aromatic N) is 1. The van der Waals surface area contributed by atoms with E-state index in [-0.39, 0.29) is 0 Å². The molecule has 0 saturated carbocycles. The molecule has 5 rings (SSSR count). The number of halogens is 1. The average Bonchev–Trinajstić information content (AvgIpc) is 3.48. The van der Waals surface area contributed by atoms with E-state index < -0.39 is 6.09 Å². The molecule has 3 aromatic carbocycles. The zero-order valence-electron chi connectivity index (χ0n) is 18.1. The van der Waals surface area contributed by atoms with Gasteiger partial charge in [-0.15, -0.1) is 0 Å². The monoisotopic (exact) mass is 460 g/mol. The van der Waals surface area contributed by atoms with Gasteiger partial charge in [-0.05, 0) is 85.4 Å². The molecule has 1 amide bonds. The second-order valence-corrected chi connectivity index (χ2v) is 8.88. The molecule has 168 valence electrons. The van der Waals surface area contributed by atoms with E-state index in [0.717, 1.165) is 36.2 Å². The molecule has 1 saturated heterocycles. The summed E-state index contributed by atoms with van der Waals surface area (Å²) in [6.07, 6.45) is 2.18. The van der Waals surface area contributed by atoms with E-state index in [4.69, 9.17) is 20.8 Å². The molecule has 0 radical (unpaired) electrons. The van der Waals surface area contributed by atoms with E-state index in [1.165, 1.54) is 5.56 Å². The van der Waals surface area contributed by atoms with Crippen molar-refractivity contribution in [2.24, 2.45) is 11.8 Å². The first kappa shape index (κ1) is 21.6. The molecular formula is C27H25ClN2O3. The highest BCUT2D eigenvalue weighted by Gasteiger charge is 2.31. The summed E-state index contributed by atoms with van der Waals surface area (Å²) in [5, 5.41) is 5.02. The first-order chi connectivity index (χ1) is 16.2. The lowest BCUT2D eigenvalue weighted by Gasteiger charge is -2.28. The maximum Gasteiger partial charge on any atom is 0.419 e. The number of hydrogen-bond donors (Lipinski definition) is 1. The van der Waals surface area contributed by atoms with Crippen LogP contribution in [0.3, 0.4) is 0 Å². The third kappa shape index (κ3) is 5.05. The zero-order valence-corrected chi connectivity index (χ0v) is 18.9. The third-order valence-electron chi connectivity index (χ3n) is 6.23. The molecule has 1 aliphatic rings. The van der Waals surface area contributed by atoms with Gasteiger partial charge in [-0.3, -0.25) is 4.90 Å². The van der Waals surface area contributed by atoms with E-state index >= 15 is 0 Å². The van der Waals surface area contributed by atoms with Crippen molar-refractivity contribution in [1.82, 2.24) is 5.32 Å². The lowest BCUT2D eigenvalue weighted by atomic mass is 9.89. The smallest absolute Gasteiger partial charge is 0.419 e. The van der Waals surface area contributed by atoms with Crippen LogP contribution in [0.2, 0.25) is 5.02 Å². The fourth-order valence-electron chi connectivity index (χ4n) is 4.46. The van der Waals surface area contributed by atoms with E-state index in [1.807, 2.05) is 30.3 Å². The Labute approximate surface area is 197 Å². The minimum Gasteiger partial charge on any atom is -0.464 e. The molecule has 4 aromatic rings. The highest BCUT2D eigenvalue weighted by molar-refractivity contribution is 6.30. The number of nitrogens with one attached hydrogen (secondary N) is 1. The highest BCUT2D eigenvalue weighted by Crippen LogP contribution is 2.28. The van der Waals surface area contributed by atoms with Gasteiger partial charge < -0.3 is 14.5 Å². The first-order valence-electron chi connectivity index (χ1n) is 11.1. The molecule has 2 atom stereocenters. The van der Waals surface area contributed by atoms with Crippen LogP contribution < -0.4 is 15.0 Å². The van der Waals surface area contributed by atoms with Crippen LogP contribution in [0.4, 0.5) is 10.5 Å². The van der Waals surface area contributed by atoms with E-state index in [2.05, 4.69) is 29.6 Å². The Morgan fingerprint density at radius 3 is 2.61 bits per heavy atom. The third-order valence-corrected chi connectivity index (χ3v) is 6.48. The van der Waals surface area contributed by atoms with Gasteiger partial charge in [0.05, 0.1) is 6.26 Å². The van der Waals surface area contributed by atoms with Gasteiger partial charge in [-0.1, -0.05) is 41.9 Å². The van der Waals surface area contributed by atoms with Crippen molar-refractivity contribution in [3.63, 3.8) is 0 Å². The number of carbonyl (C=O) groups excluding carboxylic acids is 1. The Bertz CT molecular complexity index is 1220. The number of benzene rings is 3. The Morgan fingerprint density at radius 2 is 1.79 bits per heavy atom. The molecule has 6 heteroatoms. The number of furan rings is 1. The molecule has 0 unspecified atom stereocenters. The number of anilines is 1. The molecule has 1 aliphatic heterocycles. The van der Waals surface area contributed by atoms with Gasteiger partial charge >= 0.3 is 6.09 Å². The molecule has 0 aliphatic carbocycles. The second kappa shape index (κ2) is 9.69.